The first-order chi connectivity index (χ1) is 8.08. The van der Waals surface area contributed by atoms with Gasteiger partial charge in [-0.1, -0.05) is 13.8 Å². The Bertz CT molecular complexity index is 414. The summed E-state index contributed by atoms with van der Waals surface area (Å²) in [6.07, 6.45) is 4.20. The van der Waals surface area contributed by atoms with E-state index >= 15 is 0 Å². The number of hydrogen-bond donors (Lipinski definition) is 2. The van der Waals surface area contributed by atoms with E-state index in [4.69, 9.17) is 5.11 Å². The third-order valence-corrected chi connectivity index (χ3v) is 2.61. The van der Waals surface area contributed by atoms with E-state index in [1.165, 1.54) is 18.5 Å². The van der Waals surface area contributed by atoms with Crippen molar-refractivity contribution >= 4 is 17.6 Å². The highest BCUT2D eigenvalue weighted by atomic mass is 16.4. The molecule has 0 bridgehead atoms. The first-order valence-corrected chi connectivity index (χ1v) is 5.57. The average Bonchev–Trinajstić information content (AvgIpc) is 2.30. The third kappa shape index (κ3) is 3.55. The van der Waals surface area contributed by atoms with E-state index in [1.54, 1.807) is 0 Å². The van der Waals surface area contributed by atoms with Gasteiger partial charge in [0.05, 0.1) is 17.4 Å². The zero-order valence-corrected chi connectivity index (χ0v) is 9.93. The Hall–Kier alpha value is -1.91. The minimum atomic E-state index is -1.06. The van der Waals surface area contributed by atoms with Crippen molar-refractivity contribution in [2.75, 3.05) is 5.32 Å². The molecule has 1 aromatic heterocycles. The molecule has 5 heteroatoms. The first-order valence-electron chi connectivity index (χ1n) is 5.57. The number of nitrogens with zero attached hydrogens (tertiary/aromatic N) is 1. The van der Waals surface area contributed by atoms with E-state index in [9.17, 15) is 9.59 Å². The van der Waals surface area contributed by atoms with Gasteiger partial charge in [-0.3, -0.25) is 9.78 Å². The van der Waals surface area contributed by atoms with Gasteiger partial charge in [0.2, 0.25) is 5.91 Å². The van der Waals surface area contributed by atoms with Crippen molar-refractivity contribution in [1.29, 1.82) is 0 Å². The number of carbonyl (C=O) groups is 2. The quantitative estimate of drug-likeness (QED) is 0.821. The third-order valence-electron chi connectivity index (χ3n) is 2.61. The first kappa shape index (κ1) is 13.2. The van der Waals surface area contributed by atoms with Gasteiger partial charge in [-0.15, -0.1) is 0 Å². The zero-order valence-electron chi connectivity index (χ0n) is 9.93. The fourth-order valence-corrected chi connectivity index (χ4v) is 1.53. The number of aromatic nitrogens is 1. The summed E-state index contributed by atoms with van der Waals surface area (Å²) >= 11 is 0. The van der Waals surface area contributed by atoms with Crippen molar-refractivity contribution in [3.63, 3.8) is 0 Å². The van der Waals surface area contributed by atoms with Crippen LogP contribution in [0.1, 0.15) is 37.0 Å². The number of carbonyl (C=O) groups excluding carboxylic acids is 1. The van der Waals surface area contributed by atoms with Crippen LogP contribution in [0.4, 0.5) is 5.69 Å². The van der Waals surface area contributed by atoms with Crippen molar-refractivity contribution < 1.29 is 14.7 Å². The van der Waals surface area contributed by atoms with Crippen LogP contribution < -0.4 is 5.32 Å². The second-order valence-electron chi connectivity index (χ2n) is 3.77. The number of aromatic carboxylic acids is 1. The van der Waals surface area contributed by atoms with E-state index in [0.29, 0.717) is 5.69 Å². The molecule has 0 fully saturated rings. The van der Waals surface area contributed by atoms with Crippen LogP contribution in [0.2, 0.25) is 0 Å². The van der Waals surface area contributed by atoms with Gasteiger partial charge in [0, 0.05) is 12.1 Å². The lowest BCUT2D eigenvalue weighted by Crippen LogP contribution is -2.21. The zero-order chi connectivity index (χ0) is 12.8. The topological polar surface area (TPSA) is 79.3 Å². The van der Waals surface area contributed by atoms with Crippen molar-refractivity contribution in [3.05, 3.63) is 24.0 Å². The number of carboxylic acids is 1. The molecule has 0 unspecified atom stereocenters. The standard InChI is InChI=1S/C12H16N2O3/c1-3-8(4-2)11(15)14-10-5-9(12(16)17)6-13-7-10/h5-8H,3-4H2,1-2H3,(H,14,15)(H,16,17). The van der Waals surface area contributed by atoms with E-state index < -0.39 is 5.97 Å². The van der Waals surface area contributed by atoms with E-state index in [2.05, 4.69) is 10.3 Å². The normalized spacial score (nSPS) is 10.3. The molecule has 0 aromatic carbocycles. The van der Waals surface area contributed by atoms with Gasteiger partial charge in [-0.25, -0.2) is 4.79 Å². The molecule has 5 nitrogen and oxygen atoms in total. The summed E-state index contributed by atoms with van der Waals surface area (Å²) in [4.78, 5) is 26.3. The summed E-state index contributed by atoms with van der Waals surface area (Å²) in [6.45, 7) is 3.89. The number of hydrogen-bond acceptors (Lipinski definition) is 3. The lowest BCUT2D eigenvalue weighted by Gasteiger charge is -2.12. The summed E-state index contributed by atoms with van der Waals surface area (Å²) in [7, 11) is 0. The van der Waals surface area contributed by atoms with Crippen LogP contribution >= 0.6 is 0 Å². The van der Waals surface area contributed by atoms with Crippen molar-refractivity contribution in [3.8, 4) is 0 Å². The molecule has 0 aliphatic rings. The van der Waals surface area contributed by atoms with Crippen LogP contribution in [0.15, 0.2) is 18.5 Å². The Morgan fingerprint density at radius 3 is 2.53 bits per heavy atom. The Labute approximate surface area is 99.9 Å². The number of nitrogens with one attached hydrogen (secondary N) is 1. The summed E-state index contributed by atoms with van der Waals surface area (Å²) in [5.41, 5.74) is 0.481. The molecule has 92 valence electrons. The fourth-order valence-electron chi connectivity index (χ4n) is 1.53. The molecule has 0 atom stereocenters. The van der Waals surface area contributed by atoms with Crippen LogP contribution in [-0.2, 0) is 4.79 Å². The SMILES string of the molecule is CCC(CC)C(=O)Nc1cncc(C(=O)O)c1. The molecular weight excluding hydrogens is 220 g/mol. The van der Waals surface area contributed by atoms with Crippen molar-refractivity contribution in [1.82, 2.24) is 4.98 Å². The number of rotatable bonds is 5. The predicted octanol–water partition coefficient (Wildman–Crippen LogP) is 2.15. The van der Waals surface area contributed by atoms with Crippen LogP contribution in [-0.4, -0.2) is 22.0 Å². The van der Waals surface area contributed by atoms with Gasteiger partial charge in [-0.05, 0) is 18.9 Å². The molecule has 0 aliphatic carbocycles. The number of anilines is 1. The van der Waals surface area contributed by atoms with Crippen LogP contribution in [0.25, 0.3) is 0 Å². The maximum absolute atomic E-state index is 11.8. The average molecular weight is 236 g/mol. The van der Waals surface area contributed by atoms with E-state index in [-0.39, 0.29) is 17.4 Å². The van der Waals surface area contributed by atoms with Crippen molar-refractivity contribution in [2.45, 2.75) is 26.7 Å². The van der Waals surface area contributed by atoms with Crippen LogP contribution in [0.5, 0.6) is 0 Å². The Morgan fingerprint density at radius 1 is 1.35 bits per heavy atom. The highest BCUT2D eigenvalue weighted by molar-refractivity contribution is 5.94. The molecule has 0 spiro atoms. The second kappa shape index (κ2) is 5.98. The molecule has 1 heterocycles. The monoisotopic (exact) mass is 236 g/mol. The van der Waals surface area contributed by atoms with Gasteiger partial charge in [0.15, 0.2) is 0 Å². The minimum Gasteiger partial charge on any atom is -0.478 e. The molecule has 2 N–H and O–H groups in total. The smallest absolute Gasteiger partial charge is 0.337 e. The van der Waals surface area contributed by atoms with E-state index in [1.807, 2.05) is 13.8 Å². The van der Waals surface area contributed by atoms with Crippen LogP contribution in [0.3, 0.4) is 0 Å². The molecule has 17 heavy (non-hydrogen) atoms. The molecule has 0 radical (unpaired) electrons. The highest BCUT2D eigenvalue weighted by Gasteiger charge is 2.14. The Balaban J connectivity index is 2.78. The maximum atomic E-state index is 11.8. The lowest BCUT2D eigenvalue weighted by molar-refractivity contribution is -0.120. The summed E-state index contributed by atoms with van der Waals surface area (Å²) in [5, 5.41) is 11.5. The van der Waals surface area contributed by atoms with E-state index in [0.717, 1.165) is 12.8 Å². The van der Waals surface area contributed by atoms with Gasteiger partial charge in [0.1, 0.15) is 0 Å². The van der Waals surface area contributed by atoms with Gasteiger partial charge in [-0.2, -0.15) is 0 Å². The lowest BCUT2D eigenvalue weighted by atomic mass is 10.0. The van der Waals surface area contributed by atoms with Gasteiger partial charge >= 0.3 is 5.97 Å². The molecule has 1 aromatic rings. The predicted molar refractivity (Wildman–Crippen MR) is 63.9 cm³/mol. The Kier molecular flexibility index (Phi) is 4.63. The number of carboxylic acid groups (broad SMARTS) is 1. The molecular formula is C12H16N2O3. The van der Waals surface area contributed by atoms with Gasteiger partial charge < -0.3 is 10.4 Å². The highest BCUT2D eigenvalue weighted by Crippen LogP contribution is 2.13. The maximum Gasteiger partial charge on any atom is 0.337 e. The largest absolute Gasteiger partial charge is 0.478 e. The minimum absolute atomic E-state index is 0.0523. The second-order valence-corrected chi connectivity index (χ2v) is 3.77. The molecule has 1 amide bonds. The summed E-state index contributed by atoms with van der Waals surface area (Å²) < 4.78 is 0. The number of pyridine rings is 1. The molecule has 0 aliphatic heterocycles. The number of amides is 1. The Morgan fingerprint density at radius 2 is 2.00 bits per heavy atom. The van der Waals surface area contributed by atoms with Crippen LogP contribution in [0, 0.1) is 5.92 Å². The molecule has 0 saturated heterocycles. The van der Waals surface area contributed by atoms with Gasteiger partial charge in [0.25, 0.3) is 0 Å². The summed E-state index contributed by atoms with van der Waals surface area (Å²) in [6, 6.07) is 1.40. The fraction of sp³-hybridized carbons (Fsp3) is 0.417. The molecule has 0 saturated carbocycles. The summed E-state index contributed by atoms with van der Waals surface area (Å²) in [5.74, 6) is -1.21. The molecule has 1 rings (SSSR count). The van der Waals surface area contributed by atoms with Crippen molar-refractivity contribution in [2.24, 2.45) is 5.92 Å².